The Labute approximate surface area is 181 Å². The molecule has 0 N–H and O–H groups in total. The number of carbonyl (C=O) groups is 1. The van der Waals surface area contributed by atoms with Crippen LogP contribution in [-0.4, -0.2) is 44.8 Å². The minimum Gasteiger partial charge on any atom is -0.469 e. The number of para-hydroxylation sites is 1. The second-order valence-electron chi connectivity index (χ2n) is 7.23. The van der Waals surface area contributed by atoms with Crippen molar-refractivity contribution >= 4 is 39.2 Å². The van der Waals surface area contributed by atoms with Crippen LogP contribution in [0.15, 0.2) is 50.7 Å². The zero-order valence-electron chi connectivity index (χ0n) is 16.4. The van der Waals surface area contributed by atoms with Crippen LogP contribution < -0.4 is 0 Å². The van der Waals surface area contributed by atoms with Gasteiger partial charge in [-0.05, 0) is 38.0 Å². The molecule has 0 radical (unpaired) electrons. The summed E-state index contributed by atoms with van der Waals surface area (Å²) in [7, 11) is 0. The minimum absolute atomic E-state index is 0.0991. The van der Waals surface area contributed by atoms with Crippen LogP contribution in [-0.2, 0) is 4.79 Å². The summed E-state index contributed by atoms with van der Waals surface area (Å²) in [4.78, 5) is 19.3. The number of piperidine rings is 1. The molecule has 0 atom stereocenters. The highest BCUT2D eigenvalue weighted by atomic mass is 32.2. The molecule has 9 heteroatoms. The normalized spacial score (nSPS) is 15.2. The molecule has 4 heterocycles. The molecule has 1 fully saturated rings. The monoisotopic (exact) mass is 440 g/mol. The second kappa shape index (κ2) is 8.23. The van der Waals surface area contributed by atoms with Gasteiger partial charge in [0.05, 0.1) is 32.8 Å². The van der Waals surface area contributed by atoms with Gasteiger partial charge in [-0.2, -0.15) is 0 Å². The van der Waals surface area contributed by atoms with Gasteiger partial charge in [-0.3, -0.25) is 4.79 Å². The summed E-state index contributed by atoms with van der Waals surface area (Å²) >= 11 is 3.04. The average Bonchev–Trinajstić information content (AvgIpc) is 3.51. The van der Waals surface area contributed by atoms with E-state index in [2.05, 4.69) is 22.3 Å². The molecule has 0 spiro atoms. The second-order valence-corrected chi connectivity index (χ2v) is 9.22. The van der Waals surface area contributed by atoms with E-state index in [0.29, 0.717) is 17.0 Å². The number of rotatable bonds is 5. The van der Waals surface area contributed by atoms with E-state index in [-0.39, 0.29) is 11.7 Å². The summed E-state index contributed by atoms with van der Waals surface area (Å²) < 4.78 is 12.1. The van der Waals surface area contributed by atoms with Crippen molar-refractivity contribution in [1.82, 2.24) is 20.1 Å². The Kier molecular flexibility index (Phi) is 5.30. The number of amides is 1. The SMILES string of the molecule is Cc1occc1-c1nnc(SCC(=O)N2CCC(c3nc4ccccc4s3)CC2)o1. The van der Waals surface area contributed by atoms with Crippen LogP contribution >= 0.6 is 23.1 Å². The predicted octanol–water partition coefficient (Wildman–Crippen LogP) is 4.75. The van der Waals surface area contributed by atoms with Crippen molar-refractivity contribution in [3.05, 3.63) is 47.4 Å². The standard InChI is InChI=1S/C21H20N4O3S2/c1-13-15(8-11-27-13)19-23-24-21(28-19)29-12-18(26)25-9-6-14(7-10-25)20-22-16-4-2-3-5-17(16)30-20/h2-5,8,11,14H,6-7,9-10,12H2,1H3. The van der Waals surface area contributed by atoms with Gasteiger partial charge in [0.25, 0.3) is 11.1 Å². The van der Waals surface area contributed by atoms with Crippen molar-refractivity contribution in [2.24, 2.45) is 0 Å². The first-order chi connectivity index (χ1) is 14.7. The third-order valence-electron chi connectivity index (χ3n) is 5.32. The van der Waals surface area contributed by atoms with Crippen molar-refractivity contribution in [3.63, 3.8) is 0 Å². The fraction of sp³-hybridized carbons (Fsp3) is 0.333. The Hall–Kier alpha value is -2.65. The van der Waals surface area contributed by atoms with Crippen LogP contribution in [0, 0.1) is 6.92 Å². The number of thiazole rings is 1. The Balaban J connectivity index is 1.14. The summed E-state index contributed by atoms with van der Waals surface area (Å²) in [5.74, 6) is 1.95. The highest BCUT2D eigenvalue weighted by Gasteiger charge is 2.26. The molecule has 7 nitrogen and oxygen atoms in total. The van der Waals surface area contributed by atoms with Crippen LogP contribution in [0.4, 0.5) is 0 Å². The highest BCUT2D eigenvalue weighted by Crippen LogP contribution is 2.34. The van der Waals surface area contributed by atoms with Gasteiger partial charge in [0.15, 0.2) is 0 Å². The molecule has 0 aliphatic carbocycles. The van der Waals surface area contributed by atoms with E-state index in [4.69, 9.17) is 13.8 Å². The summed E-state index contributed by atoms with van der Waals surface area (Å²) in [6.07, 6.45) is 3.48. The lowest BCUT2D eigenvalue weighted by Gasteiger charge is -2.31. The maximum atomic E-state index is 12.6. The molecule has 1 aromatic carbocycles. The van der Waals surface area contributed by atoms with E-state index >= 15 is 0 Å². The Morgan fingerprint density at radius 3 is 2.83 bits per heavy atom. The van der Waals surface area contributed by atoms with Gasteiger partial charge < -0.3 is 13.7 Å². The number of benzene rings is 1. The minimum atomic E-state index is 0.0991. The molecule has 1 amide bonds. The molecule has 154 valence electrons. The lowest BCUT2D eigenvalue weighted by atomic mass is 9.97. The molecule has 5 rings (SSSR count). The molecule has 0 bridgehead atoms. The summed E-state index contributed by atoms with van der Waals surface area (Å²) in [5, 5.41) is 9.65. The number of aryl methyl sites for hydroxylation is 1. The number of nitrogens with zero attached hydrogens (tertiary/aromatic N) is 4. The van der Waals surface area contributed by atoms with Crippen molar-refractivity contribution in [1.29, 1.82) is 0 Å². The number of carbonyl (C=O) groups excluding carboxylic acids is 1. The number of furan rings is 1. The lowest BCUT2D eigenvalue weighted by Crippen LogP contribution is -2.38. The van der Waals surface area contributed by atoms with E-state index in [1.807, 2.05) is 24.0 Å². The van der Waals surface area contributed by atoms with Gasteiger partial charge in [-0.1, -0.05) is 23.9 Å². The summed E-state index contributed by atoms with van der Waals surface area (Å²) in [6.45, 7) is 3.35. The Bertz CT molecular complexity index is 1140. The van der Waals surface area contributed by atoms with E-state index in [0.717, 1.165) is 42.8 Å². The van der Waals surface area contributed by atoms with Crippen LogP contribution in [0.1, 0.15) is 29.5 Å². The highest BCUT2D eigenvalue weighted by molar-refractivity contribution is 7.99. The zero-order valence-corrected chi connectivity index (χ0v) is 18.0. The van der Waals surface area contributed by atoms with Gasteiger partial charge in [0, 0.05) is 19.0 Å². The fourth-order valence-corrected chi connectivity index (χ4v) is 5.44. The fourth-order valence-electron chi connectivity index (χ4n) is 3.64. The lowest BCUT2D eigenvalue weighted by molar-refractivity contribution is -0.129. The van der Waals surface area contributed by atoms with Gasteiger partial charge in [0.1, 0.15) is 5.76 Å². The van der Waals surface area contributed by atoms with Gasteiger partial charge in [-0.15, -0.1) is 21.5 Å². The maximum absolute atomic E-state index is 12.6. The van der Waals surface area contributed by atoms with E-state index < -0.39 is 0 Å². The third kappa shape index (κ3) is 3.87. The molecular weight excluding hydrogens is 420 g/mol. The average molecular weight is 441 g/mol. The van der Waals surface area contributed by atoms with Crippen LogP contribution in [0.2, 0.25) is 0 Å². The molecular formula is C21H20N4O3S2. The number of fused-ring (bicyclic) bond motifs is 1. The Morgan fingerprint density at radius 1 is 1.23 bits per heavy atom. The molecule has 0 saturated carbocycles. The van der Waals surface area contributed by atoms with Crippen molar-refractivity contribution in [3.8, 4) is 11.5 Å². The molecule has 1 aliphatic heterocycles. The van der Waals surface area contributed by atoms with Gasteiger partial charge >= 0.3 is 0 Å². The van der Waals surface area contributed by atoms with E-state index in [1.54, 1.807) is 23.7 Å². The number of hydrogen-bond acceptors (Lipinski definition) is 8. The summed E-state index contributed by atoms with van der Waals surface area (Å²) in [6, 6.07) is 10.0. The molecule has 30 heavy (non-hydrogen) atoms. The molecule has 1 saturated heterocycles. The van der Waals surface area contributed by atoms with E-state index in [9.17, 15) is 4.79 Å². The molecule has 3 aromatic heterocycles. The molecule has 1 aliphatic rings. The quantitative estimate of drug-likeness (QED) is 0.414. The largest absolute Gasteiger partial charge is 0.469 e. The first-order valence-corrected chi connectivity index (χ1v) is 11.6. The topological polar surface area (TPSA) is 85.3 Å². The Morgan fingerprint density at radius 2 is 2.07 bits per heavy atom. The number of hydrogen-bond donors (Lipinski definition) is 0. The number of likely N-dealkylation sites (tertiary alicyclic amines) is 1. The van der Waals surface area contributed by atoms with Gasteiger partial charge in [0.2, 0.25) is 5.91 Å². The van der Waals surface area contributed by atoms with E-state index in [1.165, 1.54) is 21.5 Å². The third-order valence-corrected chi connectivity index (χ3v) is 7.32. The van der Waals surface area contributed by atoms with Crippen molar-refractivity contribution < 1.29 is 13.6 Å². The van der Waals surface area contributed by atoms with Crippen molar-refractivity contribution in [2.75, 3.05) is 18.8 Å². The van der Waals surface area contributed by atoms with Crippen LogP contribution in [0.3, 0.4) is 0 Å². The molecule has 4 aromatic rings. The van der Waals surface area contributed by atoms with Crippen LogP contribution in [0.5, 0.6) is 0 Å². The first kappa shape index (κ1) is 19.3. The predicted molar refractivity (Wildman–Crippen MR) is 116 cm³/mol. The number of thioether (sulfide) groups is 1. The van der Waals surface area contributed by atoms with Crippen LogP contribution in [0.25, 0.3) is 21.7 Å². The zero-order chi connectivity index (χ0) is 20.5. The smallest absolute Gasteiger partial charge is 0.277 e. The first-order valence-electron chi connectivity index (χ1n) is 9.81. The summed E-state index contributed by atoms with van der Waals surface area (Å²) in [5.41, 5.74) is 1.84. The van der Waals surface area contributed by atoms with Crippen molar-refractivity contribution in [2.45, 2.75) is 30.9 Å². The van der Waals surface area contributed by atoms with Gasteiger partial charge in [-0.25, -0.2) is 4.98 Å². The maximum Gasteiger partial charge on any atom is 0.277 e. The number of aromatic nitrogens is 3. The molecule has 0 unspecified atom stereocenters.